The van der Waals surface area contributed by atoms with E-state index in [1.54, 1.807) is 17.4 Å². The van der Waals surface area contributed by atoms with Crippen LogP contribution in [-0.4, -0.2) is 61.0 Å². The lowest BCUT2D eigenvalue weighted by Crippen LogP contribution is -2.63. The zero-order valence-electron chi connectivity index (χ0n) is 10.9. The molecule has 1 amide bonds. The Morgan fingerprint density at radius 2 is 2.16 bits per heavy atom. The molecule has 19 heavy (non-hydrogen) atoms. The molecule has 0 spiro atoms. The van der Waals surface area contributed by atoms with Gasteiger partial charge in [0.25, 0.3) is 0 Å². The summed E-state index contributed by atoms with van der Waals surface area (Å²) < 4.78 is 0. The molecule has 0 aliphatic carbocycles. The molecule has 0 radical (unpaired) electrons. The van der Waals surface area contributed by atoms with Crippen molar-refractivity contribution < 1.29 is 4.79 Å². The van der Waals surface area contributed by atoms with Gasteiger partial charge >= 0.3 is 0 Å². The van der Waals surface area contributed by atoms with Gasteiger partial charge in [-0.05, 0) is 17.5 Å². The first-order valence-corrected chi connectivity index (χ1v) is 7.66. The third-order valence-corrected chi connectivity index (χ3v) is 4.61. The molecule has 5 heteroatoms. The highest BCUT2D eigenvalue weighted by Gasteiger charge is 2.34. The van der Waals surface area contributed by atoms with Crippen molar-refractivity contribution in [1.82, 2.24) is 15.1 Å². The van der Waals surface area contributed by atoms with Crippen LogP contribution in [0, 0.1) is 0 Å². The Hall–Kier alpha value is -1.17. The molecule has 1 aromatic heterocycles. The maximum absolute atomic E-state index is 12.0. The lowest BCUT2D eigenvalue weighted by Gasteiger charge is -2.46. The number of nitrogens with one attached hydrogen (secondary N) is 1. The average molecular weight is 277 g/mol. The Balaban J connectivity index is 1.46. The molecular weight excluding hydrogens is 258 g/mol. The van der Waals surface area contributed by atoms with Gasteiger partial charge in [-0.2, -0.15) is 0 Å². The van der Waals surface area contributed by atoms with Crippen LogP contribution in [0.4, 0.5) is 0 Å². The second-order valence-corrected chi connectivity index (χ2v) is 6.01. The third kappa shape index (κ3) is 3.05. The summed E-state index contributed by atoms with van der Waals surface area (Å²) in [6.45, 7) is 6.13. The van der Waals surface area contributed by atoms with E-state index in [9.17, 15) is 4.79 Å². The van der Waals surface area contributed by atoms with Crippen molar-refractivity contribution in [2.45, 2.75) is 6.04 Å². The zero-order chi connectivity index (χ0) is 13.1. The number of nitrogens with zero attached hydrogens (tertiary/aromatic N) is 2. The van der Waals surface area contributed by atoms with Crippen LogP contribution in [0.2, 0.25) is 0 Å². The van der Waals surface area contributed by atoms with Gasteiger partial charge in [-0.3, -0.25) is 9.69 Å². The van der Waals surface area contributed by atoms with Crippen LogP contribution in [0.15, 0.2) is 23.6 Å². The van der Waals surface area contributed by atoms with Crippen LogP contribution < -0.4 is 5.32 Å². The molecule has 2 aliphatic heterocycles. The molecule has 4 nitrogen and oxygen atoms in total. The Morgan fingerprint density at radius 3 is 2.84 bits per heavy atom. The van der Waals surface area contributed by atoms with Gasteiger partial charge in [0.15, 0.2) is 0 Å². The molecule has 102 valence electrons. The summed E-state index contributed by atoms with van der Waals surface area (Å²) >= 11 is 1.65. The highest BCUT2D eigenvalue weighted by molar-refractivity contribution is 7.10. The fraction of sp³-hybridized carbons (Fsp3) is 0.500. The van der Waals surface area contributed by atoms with Crippen molar-refractivity contribution in [2.24, 2.45) is 0 Å². The van der Waals surface area contributed by atoms with Crippen LogP contribution in [0.5, 0.6) is 0 Å². The normalized spacial score (nSPS) is 21.8. The summed E-state index contributed by atoms with van der Waals surface area (Å²) in [6.07, 6.45) is 3.60. The van der Waals surface area contributed by atoms with Crippen molar-refractivity contribution in [3.05, 3.63) is 28.5 Å². The summed E-state index contributed by atoms with van der Waals surface area (Å²) in [4.78, 5) is 17.5. The van der Waals surface area contributed by atoms with Crippen LogP contribution in [0.3, 0.4) is 0 Å². The molecule has 3 heterocycles. The molecule has 2 saturated heterocycles. The number of carbonyl (C=O) groups excluding carboxylic acids is 1. The smallest absolute Gasteiger partial charge is 0.246 e. The van der Waals surface area contributed by atoms with E-state index in [2.05, 4.69) is 10.2 Å². The van der Waals surface area contributed by atoms with E-state index >= 15 is 0 Å². The van der Waals surface area contributed by atoms with Gasteiger partial charge in [0.2, 0.25) is 5.91 Å². The summed E-state index contributed by atoms with van der Waals surface area (Å²) in [5.41, 5.74) is 0. The van der Waals surface area contributed by atoms with E-state index in [-0.39, 0.29) is 5.91 Å². The van der Waals surface area contributed by atoms with Crippen LogP contribution in [0.1, 0.15) is 4.88 Å². The predicted octanol–water partition coefficient (Wildman–Crippen LogP) is 0.877. The van der Waals surface area contributed by atoms with Crippen LogP contribution >= 0.6 is 11.3 Å². The number of carbonyl (C=O) groups is 1. The lowest BCUT2D eigenvalue weighted by molar-refractivity contribution is -0.133. The molecule has 2 aliphatic rings. The maximum atomic E-state index is 12.0. The van der Waals surface area contributed by atoms with E-state index in [0.29, 0.717) is 6.04 Å². The van der Waals surface area contributed by atoms with Crippen molar-refractivity contribution >= 4 is 23.3 Å². The Kier molecular flexibility index (Phi) is 3.96. The van der Waals surface area contributed by atoms with E-state index in [1.807, 2.05) is 28.5 Å². The second kappa shape index (κ2) is 5.86. The fourth-order valence-corrected chi connectivity index (χ4v) is 3.18. The van der Waals surface area contributed by atoms with Gasteiger partial charge in [-0.25, -0.2) is 0 Å². The van der Waals surface area contributed by atoms with Gasteiger partial charge in [-0.1, -0.05) is 6.07 Å². The molecule has 1 aromatic rings. The molecule has 2 fully saturated rings. The first kappa shape index (κ1) is 12.8. The monoisotopic (exact) mass is 277 g/mol. The number of thiophene rings is 1. The maximum Gasteiger partial charge on any atom is 0.246 e. The van der Waals surface area contributed by atoms with Crippen molar-refractivity contribution in [3.63, 3.8) is 0 Å². The third-order valence-electron chi connectivity index (χ3n) is 3.78. The second-order valence-electron chi connectivity index (χ2n) is 5.03. The van der Waals surface area contributed by atoms with E-state index in [4.69, 9.17) is 0 Å². The molecule has 0 bridgehead atoms. The van der Waals surface area contributed by atoms with Gasteiger partial charge < -0.3 is 10.2 Å². The Labute approximate surface area is 117 Å². The van der Waals surface area contributed by atoms with Crippen LogP contribution in [0.25, 0.3) is 6.08 Å². The average Bonchev–Trinajstić information content (AvgIpc) is 2.89. The van der Waals surface area contributed by atoms with Crippen LogP contribution in [-0.2, 0) is 4.79 Å². The largest absolute Gasteiger partial charge is 0.336 e. The summed E-state index contributed by atoms with van der Waals surface area (Å²) in [7, 11) is 0. The topological polar surface area (TPSA) is 35.6 Å². The minimum Gasteiger partial charge on any atom is -0.336 e. The number of likely N-dealkylation sites (tertiary alicyclic amines) is 1. The van der Waals surface area contributed by atoms with E-state index in [1.165, 1.54) is 0 Å². The lowest BCUT2D eigenvalue weighted by atomic mass is 10.1. The molecule has 0 saturated carbocycles. The molecular formula is C14H19N3OS. The van der Waals surface area contributed by atoms with Gasteiger partial charge in [-0.15, -0.1) is 11.3 Å². The number of rotatable bonds is 3. The zero-order valence-corrected chi connectivity index (χ0v) is 11.7. The van der Waals surface area contributed by atoms with Crippen molar-refractivity contribution in [2.75, 3.05) is 39.3 Å². The summed E-state index contributed by atoms with van der Waals surface area (Å²) in [5.74, 6) is 0.139. The predicted molar refractivity (Wildman–Crippen MR) is 78.2 cm³/mol. The Bertz CT molecular complexity index is 445. The minimum absolute atomic E-state index is 0.139. The van der Waals surface area contributed by atoms with Gasteiger partial charge in [0.1, 0.15) is 0 Å². The molecule has 0 unspecified atom stereocenters. The highest BCUT2D eigenvalue weighted by atomic mass is 32.1. The van der Waals surface area contributed by atoms with Crippen molar-refractivity contribution in [1.29, 1.82) is 0 Å². The minimum atomic E-state index is 0.139. The number of hydrogen-bond acceptors (Lipinski definition) is 4. The standard InChI is InChI=1S/C14H19N3OS/c18-14(4-3-13-2-1-9-19-13)17-10-12(11-17)16-7-5-15-6-8-16/h1-4,9,12,15H,5-8,10-11H2. The number of piperazine rings is 1. The first-order chi connectivity index (χ1) is 9.33. The highest BCUT2D eigenvalue weighted by Crippen LogP contribution is 2.17. The molecule has 0 atom stereocenters. The Morgan fingerprint density at radius 1 is 1.37 bits per heavy atom. The summed E-state index contributed by atoms with van der Waals surface area (Å²) in [5, 5.41) is 5.38. The first-order valence-electron chi connectivity index (χ1n) is 6.78. The molecule has 0 aromatic carbocycles. The van der Waals surface area contributed by atoms with Crippen molar-refractivity contribution in [3.8, 4) is 0 Å². The number of hydrogen-bond donors (Lipinski definition) is 1. The van der Waals surface area contributed by atoms with Gasteiger partial charge in [0.05, 0.1) is 0 Å². The van der Waals surface area contributed by atoms with E-state index < -0.39 is 0 Å². The molecule has 3 rings (SSSR count). The number of amides is 1. The summed E-state index contributed by atoms with van der Waals surface area (Å²) in [6, 6.07) is 4.59. The quantitative estimate of drug-likeness (QED) is 0.833. The fourth-order valence-electron chi connectivity index (χ4n) is 2.56. The SMILES string of the molecule is O=C(C=Cc1cccs1)N1CC(N2CCNCC2)C1. The molecule has 1 N–H and O–H groups in total. The van der Waals surface area contributed by atoms with E-state index in [0.717, 1.165) is 44.1 Å². The van der Waals surface area contributed by atoms with Gasteiger partial charge in [0, 0.05) is 56.3 Å².